The predicted octanol–water partition coefficient (Wildman–Crippen LogP) is 1.66. The van der Waals surface area contributed by atoms with Gasteiger partial charge in [-0.25, -0.2) is 4.99 Å². The van der Waals surface area contributed by atoms with Crippen molar-refractivity contribution in [2.24, 2.45) is 4.99 Å². The van der Waals surface area contributed by atoms with Crippen LogP contribution in [0.2, 0.25) is 0 Å². The van der Waals surface area contributed by atoms with Gasteiger partial charge in [0.1, 0.15) is 0 Å². The van der Waals surface area contributed by atoms with E-state index in [0.29, 0.717) is 0 Å². The van der Waals surface area contributed by atoms with Crippen molar-refractivity contribution in [3.8, 4) is 0 Å². The van der Waals surface area contributed by atoms with Crippen LogP contribution in [-0.2, 0) is 6.54 Å². The molecule has 0 atom stereocenters. The van der Waals surface area contributed by atoms with E-state index in [1.54, 1.807) is 10.6 Å². The fraction of sp³-hybridized carbons (Fsp3) is 0.250. The highest BCUT2D eigenvalue weighted by Crippen LogP contribution is 2.24. The van der Waals surface area contributed by atoms with Gasteiger partial charge in [-0.1, -0.05) is 17.9 Å². The molecule has 3 nitrogen and oxygen atoms in total. The number of fused-ring (bicyclic) bond motifs is 1. The summed E-state index contributed by atoms with van der Waals surface area (Å²) < 4.78 is 1.70. The number of rotatable bonds is 1. The lowest BCUT2D eigenvalue weighted by atomic mass is 10.4. The molecule has 1 aromatic rings. The van der Waals surface area contributed by atoms with Gasteiger partial charge in [-0.05, 0) is 6.08 Å². The number of hydrogen-bond donors (Lipinski definition) is 0. The zero-order valence-electron chi connectivity index (χ0n) is 6.49. The third-order valence-corrected chi connectivity index (χ3v) is 2.74. The van der Waals surface area contributed by atoms with Gasteiger partial charge in [-0.15, -0.1) is 0 Å². The second kappa shape index (κ2) is 2.71. The molecule has 2 rings (SSSR count). The second-order valence-corrected chi connectivity index (χ2v) is 3.51. The summed E-state index contributed by atoms with van der Waals surface area (Å²) in [6, 6.07) is 0. The van der Waals surface area contributed by atoms with E-state index in [9.17, 15) is 4.79 Å². The van der Waals surface area contributed by atoms with Gasteiger partial charge in [-0.3, -0.25) is 9.36 Å². The molecule has 2 heterocycles. The first kappa shape index (κ1) is 7.49. The number of thiazole rings is 1. The van der Waals surface area contributed by atoms with Crippen molar-refractivity contribution in [2.45, 2.75) is 13.0 Å². The van der Waals surface area contributed by atoms with Gasteiger partial charge in [0.15, 0.2) is 5.82 Å². The van der Waals surface area contributed by atoms with Crippen LogP contribution in [0.4, 0.5) is 5.82 Å². The lowest BCUT2D eigenvalue weighted by molar-refractivity contribution is 0.706. The zero-order valence-corrected chi connectivity index (χ0v) is 7.30. The molecule has 0 radical (unpaired) electrons. The Labute approximate surface area is 73.7 Å². The Hall–Kier alpha value is -1.16. The van der Waals surface area contributed by atoms with Crippen molar-refractivity contribution < 1.29 is 0 Å². The highest BCUT2D eigenvalue weighted by Gasteiger charge is 2.12. The van der Waals surface area contributed by atoms with E-state index in [0.717, 1.165) is 23.7 Å². The zero-order chi connectivity index (χ0) is 8.55. The summed E-state index contributed by atoms with van der Waals surface area (Å²) in [6.45, 7) is 4.39. The molecule has 0 fully saturated rings. The Morgan fingerprint density at radius 1 is 1.75 bits per heavy atom. The van der Waals surface area contributed by atoms with E-state index in [1.165, 1.54) is 11.3 Å². The first-order valence-corrected chi connectivity index (χ1v) is 4.53. The SMILES string of the molecule is C=Cc1sc(=O)n2c1N=CCC2. The summed E-state index contributed by atoms with van der Waals surface area (Å²) in [7, 11) is 0. The van der Waals surface area contributed by atoms with Gasteiger partial charge >= 0.3 is 4.87 Å². The van der Waals surface area contributed by atoms with Crippen LogP contribution in [0.1, 0.15) is 11.3 Å². The smallest absolute Gasteiger partial charge is 0.283 e. The molecule has 4 heteroatoms. The van der Waals surface area contributed by atoms with E-state index < -0.39 is 0 Å². The van der Waals surface area contributed by atoms with Crippen LogP contribution in [0.25, 0.3) is 6.08 Å². The Kier molecular flexibility index (Phi) is 1.69. The molecule has 1 aliphatic heterocycles. The molecule has 12 heavy (non-hydrogen) atoms. The van der Waals surface area contributed by atoms with Crippen molar-refractivity contribution in [1.82, 2.24) is 4.57 Å². The number of nitrogens with zero attached hydrogens (tertiary/aromatic N) is 2. The standard InChI is InChI=1S/C8H8N2OS/c1-2-6-7-9-4-3-5-10(7)8(11)12-6/h2,4H,1,3,5H2. The van der Waals surface area contributed by atoms with Crippen molar-refractivity contribution in [2.75, 3.05) is 0 Å². The first-order chi connectivity index (χ1) is 5.83. The molecule has 0 aliphatic carbocycles. The van der Waals surface area contributed by atoms with E-state index in [4.69, 9.17) is 0 Å². The fourth-order valence-electron chi connectivity index (χ4n) is 1.22. The van der Waals surface area contributed by atoms with Crippen LogP contribution in [-0.4, -0.2) is 10.8 Å². The van der Waals surface area contributed by atoms with Crippen LogP contribution in [0.3, 0.4) is 0 Å². The van der Waals surface area contributed by atoms with E-state index >= 15 is 0 Å². The minimum atomic E-state index is 0.0664. The van der Waals surface area contributed by atoms with Gasteiger partial charge in [0.05, 0.1) is 4.88 Å². The molecule has 0 bridgehead atoms. The molecule has 1 aromatic heterocycles. The predicted molar refractivity (Wildman–Crippen MR) is 51.4 cm³/mol. The average molecular weight is 180 g/mol. The lowest BCUT2D eigenvalue weighted by Gasteiger charge is -2.06. The second-order valence-electron chi connectivity index (χ2n) is 2.51. The van der Waals surface area contributed by atoms with Gasteiger partial charge < -0.3 is 0 Å². The maximum Gasteiger partial charge on any atom is 0.309 e. The summed E-state index contributed by atoms with van der Waals surface area (Å²) in [5.74, 6) is 0.770. The summed E-state index contributed by atoms with van der Waals surface area (Å²) in [5, 5.41) is 0. The molecule has 0 spiro atoms. The maximum atomic E-state index is 11.3. The van der Waals surface area contributed by atoms with Crippen molar-refractivity contribution in [1.29, 1.82) is 0 Å². The van der Waals surface area contributed by atoms with Gasteiger partial charge in [0.25, 0.3) is 0 Å². The Balaban J connectivity index is 2.72. The van der Waals surface area contributed by atoms with Crippen LogP contribution in [0, 0.1) is 0 Å². The minimum Gasteiger partial charge on any atom is -0.283 e. The van der Waals surface area contributed by atoms with E-state index in [-0.39, 0.29) is 4.87 Å². The summed E-state index contributed by atoms with van der Waals surface area (Å²) in [5.41, 5.74) is 0. The first-order valence-electron chi connectivity index (χ1n) is 3.71. The Morgan fingerprint density at radius 3 is 3.33 bits per heavy atom. The number of hydrogen-bond acceptors (Lipinski definition) is 3. The Bertz CT molecular complexity index is 400. The van der Waals surface area contributed by atoms with Gasteiger partial charge in [-0.2, -0.15) is 0 Å². The van der Waals surface area contributed by atoms with Crippen LogP contribution < -0.4 is 4.87 Å². The highest BCUT2D eigenvalue weighted by molar-refractivity contribution is 7.10. The lowest BCUT2D eigenvalue weighted by Crippen LogP contribution is -2.14. The monoisotopic (exact) mass is 180 g/mol. The van der Waals surface area contributed by atoms with Crippen LogP contribution in [0.15, 0.2) is 16.4 Å². The third kappa shape index (κ3) is 0.956. The molecule has 0 N–H and O–H groups in total. The molecule has 62 valence electrons. The van der Waals surface area contributed by atoms with E-state index in [1.807, 2.05) is 6.21 Å². The topological polar surface area (TPSA) is 34.4 Å². The molecular weight excluding hydrogens is 172 g/mol. The summed E-state index contributed by atoms with van der Waals surface area (Å²) in [4.78, 5) is 16.4. The maximum absolute atomic E-state index is 11.3. The van der Waals surface area contributed by atoms with Crippen molar-refractivity contribution in [3.05, 3.63) is 21.1 Å². The molecule has 0 saturated heterocycles. The van der Waals surface area contributed by atoms with Gasteiger partial charge in [0, 0.05) is 19.2 Å². The van der Waals surface area contributed by atoms with Crippen LogP contribution in [0.5, 0.6) is 0 Å². The molecule has 0 amide bonds. The summed E-state index contributed by atoms with van der Waals surface area (Å²) >= 11 is 1.21. The van der Waals surface area contributed by atoms with Crippen molar-refractivity contribution in [3.63, 3.8) is 0 Å². The molecule has 0 saturated carbocycles. The summed E-state index contributed by atoms with van der Waals surface area (Å²) in [6.07, 6.45) is 4.37. The van der Waals surface area contributed by atoms with Gasteiger partial charge in [0.2, 0.25) is 0 Å². The third-order valence-electron chi connectivity index (χ3n) is 1.77. The average Bonchev–Trinajstić information content (AvgIpc) is 2.44. The Morgan fingerprint density at radius 2 is 2.58 bits per heavy atom. The quantitative estimate of drug-likeness (QED) is 0.647. The molecule has 0 aromatic carbocycles. The molecule has 0 unspecified atom stereocenters. The molecule has 1 aliphatic rings. The molecular formula is C8H8N2OS. The normalized spacial score (nSPS) is 14.3. The minimum absolute atomic E-state index is 0.0664. The van der Waals surface area contributed by atoms with Crippen LogP contribution >= 0.6 is 11.3 Å². The largest absolute Gasteiger partial charge is 0.309 e. The number of aromatic nitrogens is 1. The highest BCUT2D eigenvalue weighted by atomic mass is 32.1. The van der Waals surface area contributed by atoms with Crippen molar-refractivity contribution >= 4 is 29.4 Å². The fourth-order valence-corrected chi connectivity index (χ4v) is 2.03. The number of aliphatic imine (C=N–C) groups is 1. The van der Waals surface area contributed by atoms with E-state index in [2.05, 4.69) is 11.6 Å².